The van der Waals surface area contributed by atoms with Gasteiger partial charge in [0.05, 0.1) is 5.69 Å². The topological polar surface area (TPSA) is 43.8 Å². The Morgan fingerprint density at radius 1 is 1.60 bits per heavy atom. The predicted molar refractivity (Wildman–Crippen MR) is 37.0 cm³/mol. The van der Waals surface area contributed by atoms with Crippen LogP contribution in [-0.2, 0) is 0 Å². The van der Waals surface area contributed by atoms with Crippen molar-refractivity contribution in [1.82, 2.24) is 9.69 Å². The monoisotopic (exact) mass is 275 g/mol. The fourth-order valence-electron chi connectivity index (χ4n) is 0.797. The molecule has 0 aliphatic heterocycles. The van der Waals surface area contributed by atoms with E-state index in [1.165, 1.54) is 7.55 Å². The Morgan fingerprint density at radius 3 is 2.40 bits per heavy atom. The van der Waals surface area contributed by atoms with Crippen molar-refractivity contribution >= 4 is 7.55 Å². The fraction of sp³-hybridized carbons (Fsp3) is 0.400. The summed E-state index contributed by atoms with van der Waals surface area (Å²) in [6, 6.07) is 1.98. The standard InChI is InChI=1S/C5H9BN3.Eu/c1-4-3-5(2)9(6-7)8-4;/h3H,7H2,1-2H3;. The minimum absolute atomic E-state index is 0. The average Bonchev–Trinajstić information content (AvgIpc) is 2.10. The number of nitrogens with two attached hydrogens (primary N) is 1. The van der Waals surface area contributed by atoms with Crippen molar-refractivity contribution in [2.45, 2.75) is 13.8 Å². The summed E-state index contributed by atoms with van der Waals surface area (Å²) in [6.45, 7) is 3.90. The molecule has 0 spiro atoms. The van der Waals surface area contributed by atoms with Crippen LogP contribution in [0.5, 0.6) is 0 Å². The van der Waals surface area contributed by atoms with Gasteiger partial charge in [-0.1, -0.05) is 0 Å². The number of aromatic nitrogens is 2. The van der Waals surface area contributed by atoms with E-state index in [2.05, 4.69) is 5.10 Å². The van der Waals surface area contributed by atoms with Crippen LogP contribution in [0.3, 0.4) is 0 Å². The van der Waals surface area contributed by atoms with E-state index < -0.39 is 0 Å². The molecule has 1 rings (SSSR count). The number of nitrogens with zero attached hydrogens (tertiary/aromatic N) is 2. The number of hydrogen-bond donors (Lipinski definition) is 1. The van der Waals surface area contributed by atoms with Crippen LogP contribution in [0.1, 0.15) is 11.4 Å². The van der Waals surface area contributed by atoms with Gasteiger partial charge < -0.3 is 5.64 Å². The molecular formula is C5H9BEuN3. The maximum Gasteiger partial charge on any atom is 0.371 e. The Labute approximate surface area is 102 Å². The third kappa shape index (κ3) is 2.46. The molecule has 0 unspecified atom stereocenters. The molecule has 1 aromatic heterocycles. The van der Waals surface area contributed by atoms with Gasteiger partial charge in [0.15, 0.2) is 0 Å². The molecule has 3 nitrogen and oxygen atoms in total. The van der Waals surface area contributed by atoms with Crippen molar-refractivity contribution in [1.29, 1.82) is 0 Å². The van der Waals surface area contributed by atoms with Gasteiger partial charge in [-0.2, -0.15) is 5.10 Å². The van der Waals surface area contributed by atoms with E-state index in [9.17, 15) is 0 Å². The molecule has 0 aromatic carbocycles. The molecule has 1 heterocycles. The Morgan fingerprint density at radius 2 is 2.20 bits per heavy atom. The van der Waals surface area contributed by atoms with Gasteiger partial charge in [0.1, 0.15) is 0 Å². The zero-order chi connectivity index (χ0) is 6.85. The maximum atomic E-state index is 5.24. The van der Waals surface area contributed by atoms with Crippen molar-refractivity contribution in [3.63, 3.8) is 0 Å². The molecule has 5 heteroatoms. The molecule has 0 aliphatic rings. The number of aryl methyl sites for hydroxylation is 2. The molecule has 0 amide bonds. The zero-order valence-corrected chi connectivity index (χ0v) is 8.43. The Hall–Kier alpha value is 0.819. The van der Waals surface area contributed by atoms with E-state index in [4.69, 9.17) is 5.64 Å². The second-order valence-electron chi connectivity index (χ2n) is 2.02. The summed E-state index contributed by atoms with van der Waals surface area (Å²) in [5.74, 6) is 0. The summed E-state index contributed by atoms with van der Waals surface area (Å²) in [5.41, 5.74) is 7.30. The van der Waals surface area contributed by atoms with Crippen LogP contribution < -0.4 is 5.64 Å². The van der Waals surface area contributed by atoms with Gasteiger partial charge in [0.2, 0.25) is 0 Å². The number of hydrogen-bond acceptors (Lipinski definition) is 2. The van der Waals surface area contributed by atoms with Crippen LogP contribution in [0.4, 0.5) is 0 Å². The molecule has 0 atom stereocenters. The summed E-state index contributed by atoms with van der Waals surface area (Å²) in [7, 11) is 1.45. The molecule has 0 fully saturated rings. The Bertz CT molecular complexity index is 211. The summed E-state index contributed by atoms with van der Waals surface area (Å²) >= 11 is 0. The van der Waals surface area contributed by atoms with Crippen LogP contribution in [0.2, 0.25) is 0 Å². The van der Waals surface area contributed by atoms with Gasteiger partial charge >= 0.3 is 7.55 Å². The van der Waals surface area contributed by atoms with E-state index in [1.54, 1.807) is 4.59 Å². The smallest absolute Gasteiger partial charge is 0.353 e. The third-order valence-corrected chi connectivity index (χ3v) is 1.19. The second kappa shape index (κ2) is 4.65. The Balaban J connectivity index is 0.000000810. The SMILES string of the molecule is Cc1cc(C)n([B]N)n1.[Eu]. The minimum atomic E-state index is 0. The van der Waals surface area contributed by atoms with Crippen LogP contribution in [0, 0.1) is 63.2 Å². The van der Waals surface area contributed by atoms with Crippen molar-refractivity contribution in [3.8, 4) is 0 Å². The van der Waals surface area contributed by atoms with Gasteiger partial charge in [0.25, 0.3) is 0 Å². The van der Waals surface area contributed by atoms with Gasteiger partial charge in [-0.05, 0) is 19.9 Å². The van der Waals surface area contributed by atoms with Gasteiger partial charge in [0, 0.05) is 55.1 Å². The van der Waals surface area contributed by atoms with Crippen molar-refractivity contribution in [2.24, 2.45) is 5.64 Å². The number of rotatable bonds is 1. The molecule has 0 aliphatic carbocycles. The van der Waals surface area contributed by atoms with E-state index in [-0.39, 0.29) is 49.4 Å². The maximum absolute atomic E-state index is 5.24. The molecule has 10 heavy (non-hydrogen) atoms. The van der Waals surface area contributed by atoms with Crippen molar-refractivity contribution in [2.75, 3.05) is 0 Å². The molecule has 0 saturated heterocycles. The molecule has 0 bridgehead atoms. The van der Waals surface area contributed by atoms with Gasteiger partial charge in [-0.3, -0.25) is 4.59 Å². The first-order valence-electron chi connectivity index (χ1n) is 2.82. The van der Waals surface area contributed by atoms with Crippen LogP contribution >= 0.6 is 0 Å². The minimum Gasteiger partial charge on any atom is -0.353 e. The van der Waals surface area contributed by atoms with E-state index >= 15 is 0 Å². The molecule has 1 aromatic rings. The molecule has 54 valence electrons. The molecular weight excluding hydrogens is 265 g/mol. The molecule has 0 saturated carbocycles. The van der Waals surface area contributed by atoms with Crippen molar-refractivity contribution in [3.05, 3.63) is 17.5 Å². The molecule has 2 N–H and O–H groups in total. The summed E-state index contributed by atoms with van der Waals surface area (Å²) in [4.78, 5) is 0. The van der Waals surface area contributed by atoms with Crippen molar-refractivity contribution < 1.29 is 49.4 Å². The molecule has 2 radical (unpaired) electrons. The average molecular weight is 274 g/mol. The van der Waals surface area contributed by atoms with E-state index in [0.29, 0.717) is 0 Å². The first kappa shape index (κ1) is 10.8. The normalized spacial score (nSPS) is 8.70. The zero-order valence-electron chi connectivity index (χ0n) is 6.00. The van der Waals surface area contributed by atoms with Crippen LogP contribution in [0.25, 0.3) is 0 Å². The van der Waals surface area contributed by atoms with Crippen LogP contribution in [-0.4, -0.2) is 17.2 Å². The van der Waals surface area contributed by atoms with Gasteiger partial charge in [-0.25, -0.2) is 0 Å². The summed E-state index contributed by atoms with van der Waals surface area (Å²) < 4.78 is 1.65. The largest absolute Gasteiger partial charge is 0.371 e. The quantitative estimate of drug-likeness (QED) is 0.723. The second-order valence-corrected chi connectivity index (χ2v) is 2.02. The Kier molecular flexibility index (Phi) is 5.03. The first-order chi connectivity index (χ1) is 4.24. The third-order valence-electron chi connectivity index (χ3n) is 1.19. The van der Waals surface area contributed by atoms with Crippen LogP contribution in [0.15, 0.2) is 6.07 Å². The van der Waals surface area contributed by atoms with Gasteiger partial charge in [-0.15, -0.1) is 0 Å². The predicted octanol–water partition coefficient (Wildman–Crippen LogP) is -0.159. The summed E-state index contributed by atoms with van der Waals surface area (Å²) in [6.07, 6.45) is 0. The van der Waals surface area contributed by atoms with E-state index in [0.717, 1.165) is 11.4 Å². The first-order valence-corrected chi connectivity index (χ1v) is 2.82. The van der Waals surface area contributed by atoms with E-state index in [1.807, 2.05) is 19.9 Å². The summed E-state index contributed by atoms with van der Waals surface area (Å²) in [5, 5.41) is 4.06. The fourth-order valence-corrected chi connectivity index (χ4v) is 0.797.